The Morgan fingerprint density at radius 2 is 1.72 bits per heavy atom. The number of carbonyl (C=O) groups is 3. The first kappa shape index (κ1) is 38.8. The van der Waals surface area contributed by atoms with Gasteiger partial charge in [0.15, 0.2) is 0 Å². The van der Waals surface area contributed by atoms with Crippen molar-refractivity contribution in [1.29, 1.82) is 0 Å². The van der Waals surface area contributed by atoms with Crippen molar-refractivity contribution in [3.05, 3.63) is 108 Å². The number of nitrogens with one attached hydrogen (secondary N) is 1. The minimum atomic E-state index is -5.00. The molecular weight excluding hydrogens is 645 g/mol. The summed E-state index contributed by atoms with van der Waals surface area (Å²) in [6.45, 7) is 4.30. The van der Waals surface area contributed by atoms with Crippen LogP contribution in [0.4, 0.5) is 10.5 Å². The minimum absolute atomic E-state index is 0. The fourth-order valence-electron chi connectivity index (χ4n) is 5.62. The third kappa shape index (κ3) is 9.70. The molecule has 3 aromatic rings. The van der Waals surface area contributed by atoms with Crippen LogP contribution in [0.3, 0.4) is 0 Å². The number of phosphoric acid groups is 1. The van der Waals surface area contributed by atoms with Gasteiger partial charge in [0.05, 0.1) is 13.1 Å². The predicted molar refractivity (Wildman–Crippen MR) is 165 cm³/mol. The van der Waals surface area contributed by atoms with Crippen molar-refractivity contribution in [2.24, 2.45) is 0 Å². The van der Waals surface area contributed by atoms with Gasteiger partial charge in [-0.2, -0.15) is 0 Å². The number of urea groups is 1. The molecule has 238 valence electrons. The van der Waals surface area contributed by atoms with Gasteiger partial charge in [0, 0.05) is 31.7 Å². The average molecular weight is 681 g/mol. The molecule has 4 N–H and O–H groups in total. The van der Waals surface area contributed by atoms with Gasteiger partial charge in [-0.25, -0.2) is 14.8 Å². The van der Waals surface area contributed by atoms with Gasteiger partial charge in [-0.3, -0.25) is 14.2 Å². The molecule has 0 radical (unpaired) electrons. The van der Waals surface area contributed by atoms with Crippen LogP contribution in [0.25, 0.3) is 0 Å². The number of carbonyl (C=O) groups excluding carboxylic acids is 3. The molecule has 16 heteroatoms. The van der Waals surface area contributed by atoms with E-state index >= 15 is 0 Å². The van der Waals surface area contributed by atoms with E-state index in [9.17, 15) is 23.8 Å². The Balaban J connectivity index is 0.00000267. The van der Waals surface area contributed by atoms with E-state index < -0.39 is 26.1 Å². The largest absolute Gasteiger partial charge is 1.00 e. The molecule has 0 aliphatic carbocycles. The normalized spacial score (nSPS) is 19.1. The quantitative estimate of drug-likeness (QED) is 0.0835. The van der Waals surface area contributed by atoms with Crippen LogP contribution < -0.4 is 79.6 Å². The second kappa shape index (κ2) is 17.1. The van der Waals surface area contributed by atoms with E-state index in [2.05, 4.69) is 16.4 Å². The van der Waals surface area contributed by atoms with Crippen LogP contribution in [0.2, 0.25) is 0 Å². The standard InChI is InChI=1S/C31H35N6O7P.2Na.H/c1-2-16-35-21-29(38)36-27(17-22-12-14-25(15-13-22)44-45(41,42)43)30(39)34(19-24-10-6-7-11-26(24)32)20-28(36)37(35)31(40)33-18-23-8-4-3-5-9-23;;;/h2-15,27-28H,1,16-21,32H2,(H,33,40)(H2,41,42,43);;;/q;2*+1;-1/p-1/t27-,28-;;;/m0.../s1. The first-order valence-corrected chi connectivity index (χ1v) is 15.8. The van der Waals surface area contributed by atoms with Crippen molar-refractivity contribution in [3.63, 3.8) is 0 Å². The molecule has 1 unspecified atom stereocenters. The zero-order valence-corrected chi connectivity index (χ0v) is 31.3. The van der Waals surface area contributed by atoms with Crippen molar-refractivity contribution in [1.82, 2.24) is 25.1 Å². The Kier molecular flexibility index (Phi) is 14.1. The Morgan fingerprint density at radius 1 is 1.06 bits per heavy atom. The number of hydrogen-bond donors (Lipinski definition) is 3. The number of benzene rings is 3. The molecule has 5 rings (SSSR count). The van der Waals surface area contributed by atoms with E-state index in [4.69, 9.17) is 10.6 Å². The van der Waals surface area contributed by atoms with Crippen LogP contribution in [0, 0.1) is 0 Å². The summed E-state index contributed by atoms with van der Waals surface area (Å²) in [5, 5.41) is 6.04. The second-order valence-electron chi connectivity index (χ2n) is 10.7. The number of nitrogens with two attached hydrogens (primary N) is 1. The molecule has 0 bridgehead atoms. The number of amides is 4. The van der Waals surface area contributed by atoms with E-state index in [1.54, 1.807) is 40.3 Å². The van der Waals surface area contributed by atoms with Crippen molar-refractivity contribution in [2.45, 2.75) is 31.7 Å². The monoisotopic (exact) mass is 680 g/mol. The summed E-state index contributed by atoms with van der Waals surface area (Å²) in [5.74, 6) is -0.771. The molecule has 2 aliphatic heterocycles. The number of nitrogens with zero attached hydrogens (tertiary/aromatic N) is 4. The van der Waals surface area contributed by atoms with E-state index in [-0.39, 0.29) is 117 Å². The van der Waals surface area contributed by atoms with Crippen LogP contribution >= 0.6 is 7.82 Å². The summed E-state index contributed by atoms with van der Waals surface area (Å²) in [5.41, 5.74) is 8.93. The molecule has 4 amide bonds. The zero-order valence-electron chi connectivity index (χ0n) is 27.4. The molecule has 13 nitrogen and oxygen atoms in total. The molecule has 2 fully saturated rings. The molecule has 3 atom stereocenters. The summed E-state index contributed by atoms with van der Waals surface area (Å²) in [6.07, 6.45) is 0.820. The summed E-state index contributed by atoms with van der Waals surface area (Å²) in [4.78, 5) is 64.9. The van der Waals surface area contributed by atoms with E-state index in [1.165, 1.54) is 22.0 Å². The first-order chi connectivity index (χ1) is 21.5. The third-order valence-corrected chi connectivity index (χ3v) is 8.10. The topological polar surface area (TPSA) is 172 Å². The molecule has 47 heavy (non-hydrogen) atoms. The van der Waals surface area contributed by atoms with Crippen LogP contribution in [0.5, 0.6) is 5.75 Å². The van der Waals surface area contributed by atoms with Crippen LogP contribution in [0.15, 0.2) is 91.5 Å². The van der Waals surface area contributed by atoms with E-state index in [1.807, 2.05) is 42.5 Å². The molecule has 3 aromatic carbocycles. The van der Waals surface area contributed by atoms with E-state index in [0.717, 1.165) is 11.1 Å². The number of anilines is 1. The van der Waals surface area contributed by atoms with Gasteiger partial charge in [-0.15, -0.1) is 6.58 Å². The average Bonchev–Trinajstić information content (AvgIpc) is 3.00. The maximum atomic E-state index is 14.1. The predicted octanol–water partition coefficient (Wildman–Crippen LogP) is -4.03. The third-order valence-electron chi connectivity index (χ3n) is 7.65. The summed E-state index contributed by atoms with van der Waals surface area (Å²) in [7, 11) is -5.00. The Hall–Kier alpha value is -2.68. The first-order valence-electron chi connectivity index (χ1n) is 14.3. The second-order valence-corrected chi connectivity index (χ2v) is 11.9. The number of nitrogen functional groups attached to an aromatic ring is 1. The molecule has 0 saturated carbocycles. The SMILES string of the molecule is C=CCN1CC(=O)N2[C@@H](Cc3ccc(OP(=O)([O-])O)cc3)C(=O)N(Cc3ccccc3N)C[C@@H]2N1C(=O)NCc1ccccc1.[H-].[Na+].[Na+]. The van der Waals surface area contributed by atoms with Crippen LogP contribution in [0.1, 0.15) is 18.1 Å². The molecule has 0 aromatic heterocycles. The molecule has 2 saturated heterocycles. The van der Waals surface area contributed by atoms with Gasteiger partial charge in [0.1, 0.15) is 18.0 Å². The number of para-hydroxylation sites is 1. The summed E-state index contributed by atoms with van der Waals surface area (Å²) in [6, 6.07) is 20.9. The van der Waals surface area contributed by atoms with Gasteiger partial charge in [0.25, 0.3) is 0 Å². The van der Waals surface area contributed by atoms with Crippen molar-refractivity contribution < 1.29 is 93.8 Å². The van der Waals surface area contributed by atoms with Crippen LogP contribution in [-0.2, 0) is 33.7 Å². The maximum Gasteiger partial charge on any atom is 1.00 e. The molecule has 0 spiro atoms. The summed E-state index contributed by atoms with van der Waals surface area (Å²) < 4.78 is 15.7. The summed E-state index contributed by atoms with van der Waals surface area (Å²) >= 11 is 0. The zero-order chi connectivity index (χ0) is 32.1. The maximum absolute atomic E-state index is 14.1. The number of fused-ring (bicyclic) bond motifs is 1. The van der Waals surface area contributed by atoms with E-state index in [0.29, 0.717) is 11.3 Å². The minimum Gasteiger partial charge on any atom is -1.00 e. The van der Waals surface area contributed by atoms with Crippen molar-refractivity contribution in [3.8, 4) is 5.75 Å². The fraction of sp³-hybridized carbons (Fsp3) is 0.258. The smallest absolute Gasteiger partial charge is 1.00 e. The van der Waals surface area contributed by atoms with Crippen LogP contribution in [-0.4, -0.2) is 74.4 Å². The van der Waals surface area contributed by atoms with Crippen molar-refractivity contribution >= 4 is 31.4 Å². The number of piperazine rings is 1. The number of phosphoric ester groups is 1. The Labute approximate surface area is 319 Å². The molecule has 2 heterocycles. The molecule has 2 aliphatic rings. The number of hydrogen-bond acceptors (Lipinski definition) is 8. The molecular formula is C31H35N6Na2O7P. The van der Waals surface area contributed by atoms with Crippen molar-refractivity contribution in [2.75, 3.05) is 25.4 Å². The van der Waals surface area contributed by atoms with Gasteiger partial charge >= 0.3 is 73.0 Å². The number of hydrazine groups is 1. The Bertz CT molecular complexity index is 1620. The van der Waals surface area contributed by atoms with Gasteiger partial charge in [-0.1, -0.05) is 66.7 Å². The fourth-order valence-corrected chi connectivity index (χ4v) is 6.01. The van der Waals surface area contributed by atoms with Gasteiger partial charge < -0.3 is 36.6 Å². The van der Waals surface area contributed by atoms with Gasteiger partial charge in [0.2, 0.25) is 11.8 Å². The van der Waals surface area contributed by atoms with Gasteiger partial charge in [-0.05, 0) is 34.9 Å². The number of rotatable bonds is 10. The Morgan fingerprint density at radius 3 is 2.36 bits per heavy atom.